The molecule has 1 unspecified atom stereocenters. The normalized spacial score (nSPS) is 21.8. The number of nitrogens with zero attached hydrogens (tertiary/aromatic N) is 2. The Morgan fingerprint density at radius 3 is 3.04 bits per heavy atom. The summed E-state index contributed by atoms with van der Waals surface area (Å²) in [4.78, 5) is 15.5. The van der Waals surface area contributed by atoms with E-state index in [1.165, 1.54) is 36.9 Å². The van der Waals surface area contributed by atoms with Gasteiger partial charge in [-0.05, 0) is 61.7 Å². The Hall–Kier alpha value is -1.72. The maximum atomic E-state index is 12.5. The quantitative estimate of drug-likeness (QED) is 0.756. The monoisotopic (exact) mass is 356 g/mol. The third-order valence-electron chi connectivity index (χ3n) is 5.62. The zero-order chi connectivity index (χ0) is 17.3. The van der Waals surface area contributed by atoms with Gasteiger partial charge in [-0.2, -0.15) is 4.37 Å². The maximum absolute atomic E-state index is 12.5. The van der Waals surface area contributed by atoms with Gasteiger partial charge in [0.15, 0.2) is 0 Å². The maximum Gasteiger partial charge on any atom is 0.246 e. The number of benzene rings is 1. The van der Waals surface area contributed by atoms with E-state index in [0.717, 1.165) is 41.8 Å². The first kappa shape index (κ1) is 16.7. The van der Waals surface area contributed by atoms with E-state index in [4.69, 9.17) is 4.74 Å². The lowest BCUT2D eigenvalue weighted by atomic mass is 9.72. The topological polar surface area (TPSA) is 42.4 Å². The van der Waals surface area contributed by atoms with Crippen LogP contribution in [-0.2, 0) is 16.1 Å². The van der Waals surface area contributed by atoms with Crippen LogP contribution in [0.25, 0.3) is 10.9 Å². The smallest absolute Gasteiger partial charge is 0.246 e. The minimum atomic E-state index is 0.00614. The molecule has 1 spiro atoms. The van der Waals surface area contributed by atoms with Crippen LogP contribution < -0.4 is 0 Å². The molecule has 4 nitrogen and oxygen atoms in total. The second-order valence-electron chi connectivity index (χ2n) is 7.29. The number of carbonyl (C=O) groups excluding carboxylic acids is 1. The molecule has 4 rings (SSSR count). The van der Waals surface area contributed by atoms with Crippen molar-refractivity contribution in [2.24, 2.45) is 5.92 Å². The van der Waals surface area contributed by atoms with E-state index < -0.39 is 0 Å². The van der Waals surface area contributed by atoms with Crippen LogP contribution in [0.4, 0.5) is 0 Å². The second kappa shape index (κ2) is 6.89. The lowest BCUT2D eigenvalue weighted by molar-refractivity contribution is -0.149. The summed E-state index contributed by atoms with van der Waals surface area (Å²) in [6.07, 6.45) is 7.18. The number of ether oxygens (including phenoxy) is 1. The zero-order valence-corrected chi connectivity index (χ0v) is 15.3. The fourth-order valence-electron chi connectivity index (χ4n) is 4.11. The predicted octanol–water partition coefficient (Wildman–Crippen LogP) is 4.16. The third-order valence-corrected chi connectivity index (χ3v) is 6.48. The van der Waals surface area contributed by atoms with Crippen LogP contribution in [0.1, 0.15) is 37.0 Å². The molecule has 2 aliphatic rings. The Labute approximate surface area is 152 Å². The minimum absolute atomic E-state index is 0.00614. The van der Waals surface area contributed by atoms with Crippen LogP contribution in [0.3, 0.4) is 0 Å². The van der Waals surface area contributed by atoms with Crippen LogP contribution in [-0.4, -0.2) is 33.9 Å². The van der Waals surface area contributed by atoms with Gasteiger partial charge < -0.3 is 9.64 Å². The van der Waals surface area contributed by atoms with Gasteiger partial charge in [0.25, 0.3) is 0 Å². The highest BCUT2D eigenvalue weighted by atomic mass is 32.1. The van der Waals surface area contributed by atoms with E-state index in [1.807, 2.05) is 23.1 Å². The molecule has 1 atom stereocenters. The molecule has 5 heteroatoms. The van der Waals surface area contributed by atoms with Gasteiger partial charge in [-0.1, -0.05) is 24.8 Å². The predicted molar refractivity (Wildman–Crippen MR) is 100 cm³/mol. The van der Waals surface area contributed by atoms with Gasteiger partial charge in [0, 0.05) is 18.5 Å². The minimum Gasteiger partial charge on any atom is -0.375 e. The van der Waals surface area contributed by atoms with Gasteiger partial charge in [-0.25, -0.2) is 0 Å². The summed E-state index contributed by atoms with van der Waals surface area (Å²) < 4.78 is 10.5. The number of aromatic nitrogens is 1. The highest BCUT2D eigenvalue weighted by molar-refractivity contribution is 7.07. The Bertz CT molecular complexity index is 781. The molecule has 1 saturated carbocycles. The molecule has 1 amide bonds. The Kier molecular flexibility index (Phi) is 4.61. The van der Waals surface area contributed by atoms with Gasteiger partial charge in [0.2, 0.25) is 5.91 Å². The average Bonchev–Trinajstić information content (AvgIpc) is 3.02. The van der Waals surface area contributed by atoms with E-state index in [1.54, 1.807) is 0 Å². The highest BCUT2D eigenvalue weighted by Gasteiger charge is 2.42. The van der Waals surface area contributed by atoms with Crippen LogP contribution in [0.2, 0.25) is 0 Å². The van der Waals surface area contributed by atoms with Crippen LogP contribution in [0.5, 0.6) is 0 Å². The number of amides is 1. The largest absolute Gasteiger partial charge is 0.375 e. The van der Waals surface area contributed by atoms with Crippen molar-refractivity contribution in [3.05, 3.63) is 41.8 Å². The van der Waals surface area contributed by atoms with E-state index in [2.05, 4.69) is 17.0 Å². The summed E-state index contributed by atoms with van der Waals surface area (Å²) >= 11 is 1.49. The molecule has 1 aromatic heterocycles. The van der Waals surface area contributed by atoms with Gasteiger partial charge in [0.1, 0.15) is 0 Å². The first-order valence-electron chi connectivity index (χ1n) is 9.08. The van der Waals surface area contributed by atoms with Crippen molar-refractivity contribution in [2.75, 3.05) is 13.2 Å². The van der Waals surface area contributed by atoms with Crippen molar-refractivity contribution in [1.29, 1.82) is 0 Å². The molecule has 132 valence electrons. The Balaban J connectivity index is 1.50. The Morgan fingerprint density at radius 2 is 2.28 bits per heavy atom. The van der Waals surface area contributed by atoms with Crippen molar-refractivity contribution in [2.45, 2.75) is 44.2 Å². The van der Waals surface area contributed by atoms with E-state index >= 15 is 0 Å². The van der Waals surface area contributed by atoms with Gasteiger partial charge >= 0.3 is 0 Å². The SMILES string of the molecule is C=CC(=O)N(Cc1snc2ccccc12)CC1CCOC2(CCC2)C1. The summed E-state index contributed by atoms with van der Waals surface area (Å²) in [5.74, 6) is 0.517. The molecule has 1 aromatic carbocycles. The molecule has 25 heavy (non-hydrogen) atoms. The molecule has 1 aliphatic carbocycles. The summed E-state index contributed by atoms with van der Waals surface area (Å²) in [5, 5.41) is 1.15. The summed E-state index contributed by atoms with van der Waals surface area (Å²) in [6.45, 7) is 5.91. The van der Waals surface area contributed by atoms with Gasteiger partial charge in [0.05, 0.1) is 22.5 Å². The summed E-state index contributed by atoms with van der Waals surface area (Å²) in [7, 11) is 0. The van der Waals surface area contributed by atoms with Crippen molar-refractivity contribution in [3.8, 4) is 0 Å². The highest BCUT2D eigenvalue weighted by Crippen LogP contribution is 2.44. The molecule has 2 aromatic rings. The van der Waals surface area contributed by atoms with Crippen molar-refractivity contribution >= 4 is 28.3 Å². The first-order chi connectivity index (χ1) is 12.2. The number of rotatable bonds is 5. The zero-order valence-electron chi connectivity index (χ0n) is 14.4. The van der Waals surface area contributed by atoms with E-state index in [0.29, 0.717) is 12.5 Å². The molecule has 0 radical (unpaired) electrons. The average molecular weight is 356 g/mol. The molecule has 2 heterocycles. The second-order valence-corrected chi connectivity index (χ2v) is 8.15. The van der Waals surface area contributed by atoms with E-state index in [9.17, 15) is 4.79 Å². The molecule has 1 saturated heterocycles. The molecular formula is C20H24N2O2S. The van der Waals surface area contributed by atoms with Crippen LogP contribution in [0.15, 0.2) is 36.9 Å². The lowest BCUT2D eigenvalue weighted by Crippen LogP contribution is -2.48. The summed E-state index contributed by atoms with van der Waals surface area (Å²) in [6, 6.07) is 8.13. The van der Waals surface area contributed by atoms with Crippen molar-refractivity contribution < 1.29 is 9.53 Å². The fraction of sp³-hybridized carbons (Fsp3) is 0.500. The molecule has 0 bridgehead atoms. The van der Waals surface area contributed by atoms with Crippen LogP contribution >= 0.6 is 11.5 Å². The number of hydrogen-bond acceptors (Lipinski definition) is 4. The molecule has 2 fully saturated rings. The molecule has 0 N–H and O–H groups in total. The summed E-state index contributed by atoms with van der Waals surface area (Å²) in [5.41, 5.74) is 1.12. The first-order valence-corrected chi connectivity index (χ1v) is 9.85. The fourth-order valence-corrected chi connectivity index (χ4v) is 4.96. The van der Waals surface area contributed by atoms with E-state index in [-0.39, 0.29) is 11.5 Å². The number of fused-ring (bicyclic) bond motifs is 1. The van der Waals surface area contributed by atoms with Gasteiger partial charge in [-0.3, -0.25) is 4.79 Å². The van der Waals surface area contributed by atoms with Crippen LogP contribution in [0, 0.1) is 5.92 Å². The molecule has 1 aliphatic heterocycles. The lowest BCUT2D eigenvalue weighted by Gasteiger charge is -2.47. The van der Waals surface area contributed by atoms with Gasteiger partial charge in [-0.15, -0.1) is 0 Å². The third kappa shape index (κ3) is 3.35. The van der Waals surface area contributed by atoms with Crippen molar-refractivity contribution in [1.82, 2.24) is 9.27 Å². The number of hydrogen-bond donors (Lipinski definition) is 0. The number of carbonyl (C=O) groups is 1. The standard InChI is InChI=1S/C20H24N2O2S/c1-2-19(23)22(13-15-8-11-24-20(12-15)9-5-10-20)14-18-16-6-3-4-7-17(16)21-25-18/h2-4,6-7,15H,1,5,8-14H2. The van der Waals surface area contributed by atoms with Crippen molar-refractivity contribution in [3.63, 3.8) is 0 Å². The Morgan fingerprint density at radius 1 is 1.44 bits per heavy atom. The molecular weight excluding hydrogens is 332 g/mol.